The molecule has 0 bridgehead atoms. The molecule has 364 valence electrons. The molecule has 6 aromatic rings. The van der Waals surface area contributed by atoms with E-state index in [0.717, 1.165) is 33.4 Å². The number of nitrogens with one attached hydrogen (secondary N) is 4. The monoisotopic (exact) mass is 939 g/mol. The van der Waals surface area contributed by atoms with Crippen molar-refractivity contribution in [3.8, 4) is 22.6 Å². The number of amides is 3. The van der Waals surface area contributed by atoms with Crippen LogP contribution in [0, 0.1) is 27.7 Å². The molecule has 1 aliphatic carbocycles. The average molecular weight is 939 g/mol. The van der Waals surface area contributed by atoms with Crippen LogP contribution in [0.25, 0.3) is 11.1 Å². The topological polar surface area (TPSA) is 153 Å². The van der Waals surface area contributed by atoms with Gasteiger partial charge in [0.25, 0.3) is 11.8 Å². The standard InChI is InChI=1S/C33H32N2O4.C18H22N2O2.C5H11N.CH3F/c1-21-12-17-25(22(2)18-21)32(23-13-15-24(16-14-23)38-20-31(36)34-3)35-33(37)39-19-30-28-10-6-4-8-26(28)27-9-5-7-11-29(27)30;1-12-4-9-16(13(2)10-12)18(19)14-5-7-15(8-6-14)22-11-17(21)20-3;1-2-4-6-5-3-1;1-2/h4-18,30,32H,19-20H2,1-3H3,(H,34,36)(H,35,37);4-10,18H,11,19H2,1-3H3,(H,20,21);6H,1-5H2;1H3/i;;;1D. The molecule has 11 nitrogen and oxygen atoms in total. The number of hydrogen-bond acceptors (Lipinski definition) is 8. The maximum absolute atomic E-state index is 13.2. The Labute approximate surface area is 408 Å². The fourth-order valence-electron chi connectivity index (χ4n) is 8.37. The van der Waals surface area contributed by atoms with Crippen molar-refractivity contribution in [3.05, 3.63) is 189 Å². The van der Waals surface area contributed by atoms with Gasteiger partial charge in [0.2, 0.25) is 0 Å². The number of hydrogen-bond donors (Lipinski definition) is 5. The minimum atomic E-state index is -1.00. The van der Waals surface area contributed by atoms with Crippen molar-refractivity contribution < 1.29 is 34.4 Å². The highest BCUT2D eigenvalue weighted by Crippen LogP contribution is 2.44. The van der Waals surface area contributed by atoms with Gasteiger partial charge in [-0.1, -0.05) is 127 Å². The Bertz CT molecular complexity index is 2550. The molecule has 2 aliphatic rings. The second-order valence-electron chi connectivity index (χ2n) is 17.0. The summed E-state index contributed by atoms with van der Waals surface area (Å²) in [5.41, 5.74) is 19.7. The molecular weight excluding hydrogens is 870 g/mol. The highest BCUT2D eigenvalue weighted by atomic mass is 19.1. The highest BCUT2D eigenvalue weighted by Gasteiger charge is 2.30. The summed E-state index contributed by atoms with van der Waals surface area (Å²) in [7, 11) is 2.15. The van der Waals surface area contributed by atoms with Crippen LogP contribution in [0.1, 0.15) is 94.3 Å². The highest BCUT2D eigenvalue weighted by molar-refractivity contribution is 5.79. The van der Waals surface area contributed by atoms with Crippen LogP contribution in [-0.2, 0) is 14.3 Å². The van der Waals surface area contributed by atoms with Gasteiger partial charge >= 0.3 is 6.09 Å². The number of aryl methyl sites for hydroxylation is 4. The second kappa shape index (κ2) is 27.1. The van der Waals surface area contributed by atoms with Crippen molar-refractivity contribution in [1.82, 2.24) is 21.3 Å². The third-order valence-electron chi connectivity index (χ3n) is 12.1. The first-order valence-corrected chi connectivity index (χ1v) is 23.3. The SMILES string of the molecule is C1CCNCC1.CNC(=O)COc1ccc(C(N)c2ccc(C)cc2C)cc1.CNC(=O)COc1ccc(C(NC(=O)OCC2c3ccccc3-c3ccccc32)c2ccc(C)cc2C)cc1.[2H]CF. The lowest BCUT2D eigenvalue weighted by molar-refractivity contribution is -0.123. The van der Waals surface area contributed by atoms with Crippen LogP contribution >= 0.6 is 0 Å². The van der Waals surface area contributed by atoms with Crippen LogP contribution in [-0.4, -0.2) is 72.1 Å². The minimum absolute atomic E-state index is 0.0129. The van der Waals surface area contributed by atoms with E-state index in [9.17, 15) is 18.8 Å². The Hall–Kier alpha value is -7.02. The number of piperidine rings is 1. The largest absolute Gasteiger partial charge is 0.484 e. The summed E-state index contributed by atoms with van der Waals surface area (Å²) < 4.78 is 32.3. The summed E-state index contributed by atoms with van der Waals surface area (Å²) >= 11 is 0. The van der Waals surface area contributed by atoms with Crippen LogP contribution < -0.4 is 36.5 Å². The third-order valence-corrected chi connectivity index (χ3v) is 12.1. The lowest BCUT2D eigenvalue weighted by Crippen LogP contribution is -2.31. The Morgan fingerprint density at radius 3 is 1.57 bits per heavy atom. The molecule has 1 aliphatic heterocycles. The van der Waals surface area contributed by atoms with E-state index in [1.165, 1.54) is 65.7 Å². The van der Waals surface area contributed by atoms with Gasteiger partial charge in [0.1, 0.15) is 18.1 Å². The Balaban J connectivity index is 0.000000245. The summed E-state index contributed by atoms with van der Waals surface area (Å²) in [6, 6.07) is 43.4. The number of ether oxygens (including phenoxy) is 3. The van der Waals surface area contributed by atoms with Crippen molar-refractivity contribution in [1.29, 1.82) is 0 Å². The van der Waals surface area contributed by atoms with E-state index in [2.05, 4.69) is 83.6 Å². The van der Waals surface area contributed by atoms with Gasteiger partial charge in [-0.05, 0) is 134 Å². The number of alkyl halides is 1. The maximum atomic E-state index is 13.2. The summed E-state index contributed by atoms with van der Waals surface area (Å²) in [6.45, 7) is 10.9. The number of carbonyl (C=O) groups excluding carboxylic acids is 3. The van der Waals surface area contributed by atoms with Crippen LogP contribution in [0.3, 0.4) is 0 Å². The normalized spacial score (nSPS) is 13.3. The lowest BCUT2D eigenvalue weighted by atomic mass is 9.94. The fourth-order valence-corrected chi connectivity index (χ4v) is 8.37. The number of rotatable bonds is 13. The van der Waals surface area contributed by atoms with Crippen LogP contribution in [0.4, 0.5) is 9.18 Å². The van der Waals surface area contributed by atoms with Crippen LogP contribution in [0.15, 0.2) is 133 Å². The fraction of sp³-hybridized carbons (Fsp3) is 0.316. The van der Waals surface area contributed by atoms with E-state index in [1.807, 2.05) is 86.6 Å². The van der Waals surface area contributed by atoms with Crippen molar-refractivity contribution in [2.75, 3.05) is 54.2 Å². The number of fused-ring (bicyclic) bond motifs is 3. The molecule has 1 fully saturated rings. The zero-order chi connectivity index (χ0) is 50.4. The molecule has 8 rings (SSSR count). The first kappa shape index (κ1) is 51.4. The number of nitrogens with two attached hydrogens (primary N) is 1. The molecule has 1 saturated heterocycles. The minimum Gasteiger partial charge on any atom is -0.484 e. The molecule has 0 aromatic heterocycles. The smallest absolute Gasteiger partial charge is 0.407 e. The van der Waals surface area contributed by atoms with Gasteiger partial charge in [0.05, 0.1) is 20.6 Å². The zero-order valence-electron chi connectivity index (χ0n) is 41.7. The first-order chi connectivity index (χ1) is 33.9. The second-order valence-corrected chi connectivity index (χ2v) is 17.0. The van der Waals surface area contributed by atoms with Gasteiger partial charge in [0.15, 0.2) is 13.2 Å². The van der Waals surface area contributed by atoms with Crippen LogP contribution in [0.5, 0.6) is 11.5 Å². The maximum Gasteiger partial charge on any atom is 0.407 e. The average Bonchev–Trinajstić information content (AvgIpc) is 3.70. The van der Waals surface area contributed by atoms with E-state index in [1.54, 1.807) is 26.2 Å². The molecule has 6 aromatic carbocycles. The summed E-state index contributed by atoms with van der Waals surface area (Å²) in [5.74, 6) is 0.850. The van der Waals surface area contributed by atoms with Gasteiger partial charge in [-0.25, -0.2) is 4.79 Å². The van der Waals surface area contributed by atoms with E-state index >= 15 is 0 Å². The quantitative estimate of drug-likeness (QED) is 0.0768. The predicted molar refractivity (Wildman–Crippen MR) is 274 cm³/mol. The number of alkyl carbamates (subject to hydrolysis) is 1. The van der Waals surface area contributed by atoms with E-state index < -0.39 is 19.3 Å². The molecule has 1 heterocycles. The summed E-state index contributed by atoms with van der Waals surface area (Å²) in [6.07, 6.45) is 3.73. The van der Waals surface area contributed by atoms with Gasteiger partial charge in [-0.3, -0.25) is 14.0 Å². The molecule has 69 heavy (non-hydrogen) atoms. The Kier molecular flexibility index (Phi) is 20.2. The van der Waals surface area contributed by atoms with E-state index in [0.29, 0.717) is 11.5 Å². The van der Waals surface area contributed by atoms with E-state index in [-0.39, 0.29) is 43.6 Å². The Morgan fingerprint density at radius 2 is 1.13 bits per heavy atom. The molecule has 2 atom stereocenters. The van der Waals surface area contributed by atoms with Gasteiger partial charge in [0, 0.05) is 20.0 Å². The molecule has 0 radical (unpaired) electrons. The molecule has 6 N–H and O–H groups in total. The number of benzene rings is 6. The molecule has 2 unspecified atom stereocenters. The van der Waals surface area contributed by atoms with Gasteiger partial charge in [-0.2, -0.15) is 0 Å². The van der Waals surface area contributed by atoms with E-state index in [4.69, 9.17) is 21.3 Å². The van der Waals surface area contributed by atoms with Crippen molar-refractivity contribution in [3.63, 3.8) is 0 Å². The summed E-state index contributed by atoms with van der Waals surface area (Å²) in [5, 5.41) is 11.4. The number of likely N-dealkylation sites (N-methyl/N-ethyl adjacent to an activating group) is 2. The zero-order valence-corrected chi connectivity index (χ0v) is 40.7. The number of halogens is 1. The molecule has 3 amide bonds. The predicted octanol–water partition coefficient (Wildman–Crippen LogP) is 9.88. The van der Waals surface area contributed by atoms with Crippen LogP contribution in [0.2, 0.25) is 0 Å². The van der Waals surface area contributed by atoms with Gasteiger partial charge < -0.3 is 41.2 Å². The van der Waals surface area contributed by atoms with Crippen molar-refractivity contribution >= 4 is 17.9 Å². The lowest BCUT2D eigenvalue weighted by Gasteiger charge is -2.23. The third kappa shape index (κ3) is 15.2. The molecule has 0 spiro atoms. The van der Waals surface area contributed by atoms with Crippen molar-refractivity contribution in [2.24, 2.45) is 5.73 Å². The molecular formula is C57H68FN5O6. The molecule has 0 saturated carbocycles. The first-order valence-electron chi connectivity index (χ1n) is 24.0. The Morgan fingerprint density at radius 1 is 0.667 bits per heavy atom. The summed E-state index contributed by atoms with van der Waals surface area (Å²) in [4.78, 5) is 35.9. The molecule has 12 heteroatoms. The number of carbonyl (C=O) groups is 3. The van der Waals surface area contributed by atoms with Gasteiger partial charge in [-0.15, -0.1) is 0 Å². The van der Waals surface area contributed by atoms with Crippen molar-refractivity contribution in [2.45, 2.75) is 65.0 Å².